The van der Waals surface area contributed by atoms with Gasteiger partial charge in [-0.1, -0.05) is 17.7 Å². The molecule has 2 fully saturated rings. The highest BCUT2D eigenvalue weighted by Gasteiger charge is 2.47. The maximum Gasteiger partial charge on any atom is 0.325 e. The molecule has 2 unspecified atom stereocenters. The van der Waals surface area contributed by atoms with Gasteiger partial charge in [0.25, 0.3) is 0 Å². The summed E-state index contributed by atoms with van der Waals surface area (Å²) in [5.41, 5.74) is 3.85. The Balaban J connectivity index is 1.41. The first-order chi connectivity index (χ1) is 13.1. The number of carbonyl (C=O) groups is 1. The van der Waals surface area contributed by atoms with Gasteiger partial charge >= 0.3 is 6.03 Å². The summed E-state index contributed by atoms with van der Waals surface area (Å²) in [6, 6.07) is 8.51. The van der Waals surface area contributed by atoms with Gasteiger partial charge in [-0.15, -0.1) is 0 Å². The van der Waals surface area contributed by atoms with Gasteiger partial charge in [0.1, 0.15) is 5.15 Å². The molecule has 1 aromatic carbocycles. The van der Waals surface area contributed by atoms with E-state index in [0.29, 0.717) is 30.7 Å². The van der Waals surface area contributed by atoms with Gasteiger partial charge in [-0.2, -0.15) is 0 Å². The van der Waals surface area contributed by atoms with Gasteiger partial charge in [-0.25, -0.2) is 14.8 Å². The Labute approximate surface area is 163 Å². The van der Waals surface area contributed by atoms with E-state index in [4.69, 9.17) is 11.6 Å². The van der Waals surface area contributed by atoms with E-state index >= 15 is 0 Å². The molecule has 5 rings (SSSR count). The second-order valence-corrected chi connectivity index (χ2v) is 7.97. The van der Waals surface area contributed by atoms with Crippen molar-refractivity contribution in [3.8, 4) is 0 Å². The Morgan fingerprint density at radius 3 is 2.85 bits per heavy atom. The van der Waals surface area contributed by atoms with Crippen LogP contribution in [0, 0.1) is 0 Å². The van der Waals surface area contributed by atoms with Crippen LogP contribution in [0.25, 0.3) is 0 Å². The maximum absolute atomic E-state index is 13.1. The summed E-state index contributed by atoms with van der Waals surface area (Å²) in [7, 11) is 0. The minimum absolute atomic E-state index is 0.0962. The number of aromatic nitrogens is 2. The molecule has 2 aromatic rings. The quantitative estimate of drug-likeness (QED) is 0.747. The van der Waals surface area contributed by atoms with E-state index in [1.165, 1.54) is 17.5 Å². The molecule has 7 heteroatoms. The number of carbonyl (C=O) groups excluding carboxylic acids is 1. The molecule has 0 spiro atoms. The molecule has 0 N–H and O–H groups in total. The number of hydrogen-bond donors (Lipinski definition) is 0. The van der Waals surface area contributed by atoms with E-state index in [2.05, 4.69) is 40.0 Å². The Morgan fingerprint density at radius 1 is 1.15 bits per heavy atom. The van der Waals surface area contributed by atoms with Crippen LogP contribution in [0.1, 0.15) is 24.5 Å². The van der Waals surface area contributed by atoms with Crippen LogP contribution < -0.4 is 9.80 Å². The van der Waals surface area contributed by atoms with Crippen LogP contribution in [0.4, 0.5) is 16.4 Å². The van der Waals surface area contributed by atoms with Crippen molar-refractivity contribution in [2.75, 3.05) is 29.4 Å². The summed E-state index contributed by atoms with van der Waals surface area (Å²) in [6.45, 7) is 4.24. The van der Waals surface area contributed by atoms with Crippen LogP contribution in [-0.4, -0.2) is 52.6 Å². The number of halogens is 1. The number of rotatable bonds is 2. The summed E-state index contributed by atoms with van der Waals surface area (Å²) in [6.07, 6.45) is 5.16. The molecule has 2 aliphatic heterocycles. The van der Waals surface area contributed by atoms with Crippen LogP contribution in [0.2, 0.25) is 5.15 Å². The van der Waals surface area contributed by atoms with Crippen LogP contribution in [0.15, 0.2) is 30.5 Å². The van der Waals surface area contributed by atoms with Gasteiger partial charge in [-0.05, 0) is 55.5 Å². The molecule has 0 bridgehead atoms. The Hall–Kier alpha value is -2.34. The molecule has 3 heterocycles. The minimum atomic E-state index is 0.0962. The third kappa shape index (κ3) is 2.74. The molecular weight excluding hydrogens is 362 g/mol. The van der Waals surface area contributed by atoms with Crippen LogP contribution in [0.5, 0.6) is 0 Å². The van der Waals surface area contributed by atoms with E-state index in [1.807, 2.05) is 9.80 Å². The van der Waals surface area contributed by atoms with Crippen molar-refractivity contribution in [2.45, 2.75) is 38.3 Å². The molecule has 140 valence electrons. The van der Waals surface area contributed by atoms with Crippen molar-refractivity contribution in [1.29, 1.82) is 0 Å². The van der Waals surface area contributed by atoms with Crippen molar-refractivity contribution in [3.63, 3.8) is 0 Å². The van der Waals surface area contributed by atoms with Gasteiger partial charge < -0.3 is 9.80 Å². The topological polar surface area (TPSA) is 52.6 Å². The largest absolute Gasteiger partial charge is 0.337 e. The molecule has 3 aliphatic rings. The van der Waals surface area contributed by atoms with E-state index in [1.54, 1.807) is 12.3 Å². The third-order valence-corrected chi connectivity index (χ3v) is 6.30. The lowest BCUT2D eigenvalue weighted by atomic mass is 10.1. The predicted molar refractivity (Wildman–Crippen MR) is 106 cm³/mol. The lowest BCUT2D eigenvalue weighted by Crippen LogP contribution is -2.54. The molecule has 1 aliphatic carbocycles. The van der Waals surface area contributed by atoms with Gasteiger partial charge in [0.2, 0.25) is 5.95 Å². The molecule has 2 amide bonds. The zero-order chi connectivity index (χ0) is 18.5. The average Bonchev–Trinajstić information content (AvgIpc) is 3.24. The molecule has 0 saturated carbocycles. The number of fused-ring (bicyclic) bond motifs is 2. The number of nitrogens with zero attached hydrogens (tertiary/aromatic N) is 5. The summed E-state index contributed by atoms with van der Waals surface area (Å²) in [5.74, 6) is 0.637. The number of hydrogen-bond acceptors (Lipinski definition) is 4. The second-order valence-electron chi connectivity index (χ2n) is 7.59. The highest BCUT2D eigenvalue weighted by molar-refractivity contribution is 6.29. The van der Waals surface area contributed by atoms with E-state index < -0.39 is 0 Å². The van der Waals surface area contributed by atoms with Crippen molar-refractivity contribution in [1.82, 2.24) is 14.9 Å². The van der Waals surface area contributed by atoms with Crippen molar-refractivity contribution >= 4 is 29.3 Å². The Bertz CT molecular complexity index is 904. The van der Waals surface area contributed by atoms with Crippen molar-refractivity contribution in [2.24, 2.45) is 0 Å². The standard InChI is InChI=1S/C20H22ClN5O/c1-13-17-12-24(19-22-8-7-18(21)23-19)9-10-25(17)20(27)26(13)16-6-5-14-3-2-4-15(14)11-16/h5-8,11,13,17H,2-4,9-10,12H2,1H3. The summed E-state index contributed by atoms with van der Waals surface area (Å²) >= 11 is 6.03. The predicted octanol–water partition coefficient (Wildman–Crippen LogP) is 3.14. The summed E-state index contributed by atoms with van der Waals surface area (Å²) < 4.78 is 0. The first kappa shape index (κ1) is 16.8. The first-order valence-corrected chi connectivity index (χ1v) is 9.95. The van der Waals surface area contributed by atoms with Crippen molar-refractivity contribution in [3.05, 3.63) is 46.7 Å². The van der Waals surface area contributed by atoms with Gasteiger partial charge in [0, 0.05) is 31.5 Å². The number of piperazine rings is 1. The maximum atomic E-state index is 13.1. The molecule has 1 aromatic heterocycles. The lowest BCUT2D eigenvalue weighted by Gasteiger charge is -2.37. The zero-order valence-corrected chi connectivity index (χ0v) is 16.1. The number of benzene rings is 1. The highest BCUT2D eigenvalue weighted by atomic mass is 35.5. The normalized spacial score (nSPS) is 24.4. The van der Waals surface area contributed by atoms with Gasteiger partial charge in [0.05, 0.1) is 12.1 Å². The molecule has 2 atom stereocenters. The number of anilines is 2. The van der Waals surface area contributed by atoms with Gasteiger partial charge in [-0.3, -0.25) is 4.90 Å². The van der Waals surface area contributed by atoms with E-state index in [9.17, 15) is 4.79 Å². The monoisotopic (exact) mass is 383 g/mol. The second kappa shape index (κ2) is 6.37. The molecule has 6 nitrogen and oxygen atoms in total. The van der Waals surface area contributed by atoms with Crippen LogP contribution in [-0.2, 0) is 12.8 Å². The van der Waals surface area contributed by atoms with Crippen LogP contribution in [0.3, 0.4) is 0 Å². The fourth-order valence-electron chi connectivity index (χ4n) is 4.66. The Kier molecular flexibility index (Phi) is 3.97. The van der Waals surface area contributed by atoms with E-state index in [-0.39, 0.29) is 18.1 Å². The summed E-state index contributed by atoms with van der Waals surface area (Å²) in [4.78, 5) is 27.9. The molecule has 2 saturated heterocycles. The minimum Gasteiger partial charge on any atom is -0.337 e. The van der Waals surface area contributed by atoms with Crippen LogP contribution >= 0.6 is 11.6 Å². The fourth-order valence-corrected chi connectivity index (χ4v) is 4.79. The summed E-state index contributed by atoms with van der Waals surface area (Å²) in [5, 5.41) is 0.442. The molecule has 27 heavy (non-hydrogen) atoms. The fraction of sp³-hybridized carbons (Fsp3) is 0.450. The highest BCUT2D eigenvalue weighted by Crippen LogP contribution is 2.34. The number of amides is 2. The Morgan fingerprint density at radius 2 is 2.00 bits per heavy atom. The average molecular weight is 384 g/mol. The lowest BCUT2D eigenvalue weighted by molar-refractivity contribution is 0.195. The molecular formula is C20H22ClN5O. The van der Waals surface area contributed by atoms with Crippen molar-refractivity contribution < 1.29 is 4.79 Å². The third-order valence-electron chi connectivity index (χ3n) is 6.09. The van der Waals surface area contributed by atoms with Gasteiger partial charge in [0.15, 0.2) is 0 Å². The number of urea groups is 1. The molecule has 0 radical (unpaired) electrons. The smallest absolute Gasteiger partial charge is 0.325 e. The first-order valence-electron chi connectivity index (χ1n) is 9.57. The number of aryl methyl sites for hydroxylation is 2. The van der Waals surface area contributed by atoms with E-state index in [0.717, 1.165) is 18.5 Å². The zero-order valence-electron chi connectivity index (χ0n) is 15.3. The SMILES string of the molecule is CC1C2CN(c3nccc(Cl)n3)CCN2C(=O)N1c1ccc2c(c1)CCC2.